The summed E-state index contributed by atoms with van der Waals surface area (Å²) in [6.07, 6.45) is 0.125. The Morgan fingerprint density at radius 3 is 2.94 bits per heavy atom. The number of halogens is 1. The number of hydrogen-bond donors (Lipinski definition) is 0. The smallest absolute Gasteiger partial charge is 0.210 e. The van der Waals surface area contributed by atoms with Crippen molar-refractivity contribution in [2.75, 3.05) is 0 Å². The second-order valence-electron chi connectivity index (χ2n) is 3.72. The van der Waals surface area contributed by atoms with Crippen molar-refractivity contribution in [1.82, 2.24) is 0 Å². The Hall–Kier alpha value is -2.08. The summed E-state index contributed by atoms with van der Waals surface area (Å²) in [5.74, 6) is 5.11. The zero-order valence-electron chi connectivity index (χ0n) is 9.63. The molecule has 0 aliphatic rings. The van der Waals surface area contributed by atoms with Crippen LogP contribution in [0.15, 0.2) is 22.6 Å². The summed E-state index contributed by atoms with van der Waals surface area (Å²) in [4.78, 5) is 11.8. The van der Waals surface area contributed by atoms with Gasteiger partial charge in [-0.2, -0.15) is 0 Å². The largest absolute Gasteiger partial charge is 0.453 e. The van der Waals surface area contributed by atoms with E-state index in [1.807, 2.05) is 0 Å². The van der Waals surface area contributed by atoms with Crippen molar-refractivity contribution in [2.45, 2.75) is 20.3 Å². The third kappa shape index (κ3) is 2.07. The molecule has 0 spiro atoms. The molecule has 17 heavy (non-hydrogen) atoms. The van der Waals surface area contributed by atoms with Gasteiger partial charge < -0.3 is 4.42 Å². The molecule has 0 aliphatic heterocycles. The summed E-state index contributed by atoms with van der Waals surface area (Å²) >= 11 is 0. The molecule has 1 aromatic carbocycles. The minimum atomic E-state index is -0.339. The normalized spacial score (nSPS) is 10.1. The predicted molar refractivity (Wildman–Crippen MR) is 63.3 cm³/mol. The van der Waals surface area contributed by atoms with Crippen LogP contribution in [0, 0.1) is 24.6 Å². The zero-order valence-corrected chi connectivity index (χ0v) is 9.63. The average molecular weight is 230 g/mol. The molecule has 1 aromatic heterocycles. The first-order valence-corrected chi connectivity index (χ1v) is 5.25. The number of ketones is 1. The van der Waals surface area contributed by atoms with Gasteiger partial charge in [-0.15, -0.1) is 5.92 Å². The molecular weight excluding hydrogens is 219 g/mol. The van der Waals surface area contributed by atoms with E-state index in [2.05, 4.69) is 11.8 Å². The second-order valence-corrected chi connectivity index (χ2v) is 3.72. The van der Waals surface area contributed by atoms with Gasteiger partial charge >= 0.3 is 0 Å². The Kier molecular flexibility index (Phi) is 2.97. The van der Waals surface area contributed by atoms with Gasteiger partial charge in [0.15, 0.2) is 5.76 Å². The third-order valence-corrected chi connectivity index (χ3v) is 2.58. The van der Waals surface area contributed by atoms with Crippen LogP contribution in [0.3, 0.4) is 0 Å². The van der Waals surface area contributed by atoms with Crippen molar-refractivity contribution in [3.8, 4) is 11.8 Å². The minimum Gasteiger partial charge on any atom is -0.453 e. The molecule has 2 rings (SSSR count). The SMILES string of the molecule is CC#CCC(=O)c1oc2ccc(F)cc2c1C. The predicted octanol–water partition coefficient (Wildman–Crippen LogP) is 3.48. The van der Waals surface area contributed by atoms with Crippen molar-refractivity contribution < 1.29 is 13.6 Å². The molecule has 0 unspecified atom stereocenters. The molecule has 2 nitrogen and oxygen atoms in total. The molecule has 0 aliphatic carbocycles. The van der Waals surface area contributed by atoms with E-state index in [-0.39, 0.29) is 23.8 Å². The number of hydrogen-bond acceptors (Lipinski definition) is 2. The van der Waals surface area contributed by atoms with E-state index in [0.717, 1.165) is 0 Å². The highest BCUT2D eigenvalue weighted by Crippen LogP contribution is 2.26. The van der Waals surface area contributed by atoms with Crippen molar-refractivity contribution in [1.29, 1.82) is 0 Å². The minimum absolute atomic E-state index is 0.125. The molecule has 0 amide bonds. The summed E-state index contributed by atoms with van der Waals surface area (Å²) in [5.41, 5.74) is 1.19. The maximum absolute atomic E-state index is 13.1. The molecule has 0 atom stereocenters. The standard InChI is InChI=1S/C14H11FO2/c1-3-4-5-12(16)14-9(2)11-8-10(15)6-7-13(11)17-14/h6-8H,5H2,1-2H3. The van der Waals surface area contributed by atoms with Crippen LogP contribution in [-0.2, 0) is 0 Å². The van der Waals surface area contributed by atoms with E-state index in [1.165, 1.54) is 18.2 Å². The van der Waals surface area contributed by atoms with Gasteiger partial charge in [-0.3, -0.25) is 4.79 Å². The Morgan fingerprint density at radius 2 is 2.24 bits per heavy atom. The van der Waals surface area contributed by atoms with Crippen molar-refractivity contribution in [2.24, 2.45) is 0 Å². The van der Waals surface area contributed by atoms with Crippen LogP contribution in [-0.4, -0.2) is 5.78 Å². The van der Waals surface area contributed by atoms with Crippen molar-refractivity contribution >= 4 is 16.8 Å². The highest BCUT2D eigenvalue weighted by molar-refractivity contribution is 6.01. The molecule has 3 heteroatoms. The molecule has 2 aromatic rings. The first-order valence-electron chi connectivity index (χ1n) is 5.25. The molecule has 0 saturated heterocycles. The van der Waals surface area contributed by atoms with Gasteiger partial charge in [0.2, 0.25) is 5.78 Å². The molecular formula is C14H11FO2. The summed E-state index contributed by atoms with van der Waals surface area (Å²) in [7, 11) is 0. The highest BCUT2D eigenvalue weighted by atomic mass is 19.1. The lowest BCUT2D eigenvalue weighted by Crippen LogP contribution is -1.97. The van der Waals surface area contributed by atoms with E-state index in [0.29, 0.717) is 16.5 Å². The first kappa shape index (κ1) is 11.4. The summed E-state index contributed by atoms with van der Waals surface area (Å²) in [6.45, 7) is 3.42. The van der Waals surface area contributed by atoms with Crippen LogP contribution in [0.25, 0.3) is 11.0 Å². The highest BCUT2D eigenvalue weighted by Gasteiger charge is 2.16. The van der Waals surface area contributed by atoms with Gasteiger partial charge in [-0.05, 0) is 32.0 Å². The van der Waals surface area contributed by atoms with Gasteiger partial charge in [-0.1, -0.05) is 5.92 Å². The number of aryl methyl sites for hydroxylation is 1. The fraction of sp³-hybridized carbons (Fsp3) is 0.214. The molecule has 86 valence electrons. The summed E-state index contributed by atoms with van der Waals surface area (Å²) in [6, 6.07) is 4.21. The lowest BCUT2D eigenvalue weighted by molar-refractivity contribution is 0.0973. The molecule has 1 heterocycles. The fourth-order valence-electron chi connectivity index (χ4n) is 1.71. The Labute approximate surface area is 98.4 Å². The number of Topliss-reactive ketones (excluding diaryl/α,β-unsaturated/α-hetero) is 1. The lowest BCUT2D eigenvalue weighted by atomic mass is 10.1. The Morgan fingerprint density at radius 1 is 1.47 bits per heavy atom. The maximum atomic E-state index is 13.1. The lowest BCUT2D eigenvalue weighted by Gasteiger charge is -1.92. The zero-order chi connectivity index (χ0) is 12.4. The van der Waals surface area contributed by atoms with Gasteiger partial charge in [0.1, 0.15) is 11.4 Å². The molecule has 0 fully saturated rings. The summed E-state index contributed by atoms with van der Waals surface area (Å²) in [5, 5.41) is 0.637. The number of rotatable bonds is 2. The third-order valence-electron chi connectivity index (χ3n) is 2.58. The van der Waals surface area contributed by atoms with E-state index >= 15 is 0 Å². The number of fused-ring (bicyclic) bond motifs is 1. The Bertz CT molecular complexity index is 641. The van der Waals surface area contributed by atoms with Crippen LogP contribution in [0.1, 0.15) is 29.5 Å². The van der Waals surface area contributed by atoms with Gasteiger partial charge in [0.25, 0.3) is 0 Å². The van der Waals surface area contributed by atoms with Gasteiger partial charge in [0.05, 0.1) is 6.42 Å². The number of carbonyl (C=O) groups excluding carboxylic acids is 1. The van der Waals surface area contributed by atoms with Gasteiger partial charge in [-0.25, -0.2) is 4.39 Å². The fourth-order valence-corrected chi connectivity index (χ4v) is 1.71. The summed E-state index contributed by atoms with van der Waals surface area (Å²) < 4.78 is 18.5. The van der Waals surface area contributed by atoms with Crippen LogP contribution < -0.4 is 0 Å². The molecule has 0 saturated carbocycles. The van der Waals surface area contributed by atoms with E-state index in [4.69, 9.17) is 4.42 Å². The number of furan rings is 1. The quantitative estimate of drug-likeness (QED) is 0.584. The van der Waals surface area contributed by atoms with Crippen LogP contribution in [0.5, 0.6) is 0 Å². The van der Waals surface area contributed by atoms with E-state index in [1.54, 1.807) is 13.8 Å². The van der Waals surface area contributed by atoms with Crippen LogP contribution in [0.4, 0.5) is 4.39 Å². The second kappa shape index (κ2) is 4.42. The Balaban J connectivity index is 2.51. The number of carbonyl (C=O) groups is 1. The van der Waals surface area contributed by atoms with Crippen molar-refractivity contribution in [3.05, 3.63) is 35.3 Å². The van der Waals surface area contributed by atoms with Crippen molar-refractivity contribution in [3.63, 3.8) is 0 Å². The topological polar surface area (TPSA) is 30.2 Å². The van der Waals surface area contributed by atoms with Crippen LogP contribution >= 0.6 is 0 Å². The number of benzene rings is 1. The maximum Gasteiger partial charge on any atom is 0.210 e. The van der Waals surface area contributed by atoms with E-state index in [9.17, 15) is 9.18 Å². The van der Waals surface area contributed by atoms with Gasteiger partial charge in [0, 0.05) is 10.9 Å². The monoisotopic (exact) mass is 230 g/mol. The molecule has 0 N–H and O–H groups in total. The van der Waals surface area contributed by atoms with E-state index < -0.39 is 0 Å². The van der Waals surface area contributed by atoms with Crippen LogP contribution in [0.2, 0.25) is 0 Å². The molecule has 0 radical (unpaired) electrons. The average Bonchev–Trinajstić information content (AvgIpc) is 2.64. The molecule has 0 bridgehead atoms. The first-order chi connectivity index (χ1) is 8.13.